The summed E-state index contributed by atoms with van der Waals surface area (Å²) in [5.41, 5.74) is 1.70. The molecular formula is C22H28FN2O3+. The quantitative estimate of drug-likeness (QED) is 0.728. The van der Waals surface area contributed by atoms with Crippen LogP contribution in [0.1, 0.15) is 30.0 Å². The first-order valence-electron chi connectivity index (χ1n) is 9.69. The Balaban J connectivity index is 1.59. The molecule has 5 nitrogen and oxygen atoms in total. The van der Waals surface area contributed by atoms with Gasteiger partial charge in [-0.25, -0.2) is 4.39 Å². The minimum absolute atomic E-state index is 0.0138. The highest BCUT2D eigenvalue weighted by Crippen LogP contribution is 2.31. The number of likely N-dealkylation sites (tertiary alicyclic amines) is 1. The van der Waals surface area contributed by atoms with E-state index in [1.807, 2.05) is 18.2 Å². The zero-order valence-corrected chi connectivity index (χ0v) is 16.5. The Hall–Kier alpha value is -2.60. The second-order valence-electron chi connectivity index (χ2n) is 7.08. The molecule has 1 fully saturated rings. The van der Waals surface area contributed by atoms with Crippen molar-refractivity contribution in [1.82, 2.24) is 5.32 Å². The molecule has 1 saturated heterocycles. The number of halogens is 1. The fourth-order valence-corrected chi connectivity index (χ4v) is 3.92. The van der Waals surface area contributed by atoms with Gasteiger partial charge in [0.1, 0.15) is 23.4 Å². The number of hydrogen-bond acceptors (Lipinski definition) is 3. The van der Waals surface area contributed by atoms with Crippen LogP contribution in [0.4, 0.5) is 4.39 Å². The predicted molar refractivity (Wildman–Crippen MR) is 105 cm³/mol. The van der Waals surface area contributed by atoms with Crippen molar-refractivity contribution in [3.8, 4) is 11.5 Å². The van der Waals surface area contributed by atoms with Crippen LogP contribution < -0.4 is 19.7 Å². The molecule has 1 aliphatic rings. The van der Waals surface area contributed by atoms with Crippen LogP contribution in [0.3, 0.4) is 0 Å². The number of quaternary nitrogens is 1. The van der Waals surface area contributed by atoms with Crippen molar-refractivity contribution in [2.75, 3.05) is 33.9 Å². The largest absolute Gasteiger partial charge is 0.497 e. The van der Waals surface area contributed by atoms with E-state index >= 15 is 0 Å². The Labute approximate surface area is 165 Å². The van der Waals surface area contributed by atoms with Crippen molar-refractivity contribution < 1.29 is 23.6 Å². The predicted octanol–water partition coefficient (Wildman–Crippen LogP) is 1.92. The lowest BCUT2D eigenvalue weighted by Gasteiger charge is -2.23. The van der Waals surface area contributed by atoms with E-state index < -0.39 is 0 Å². The molecule has 0 saturated carbocycles. The van der Waals surface area contributed by atoms with Crippen LogP contribution in [0.15, 0.2) is 42.5 Å². The van der Waals surface area contributed by atoms with Crippen molar-refractivity contribution in [1.29, 1.82) is 0 Å². The molecule has 1 aliphatic heterocycles. The number of carbonyl (C=O) groups excluding carboxylic acids is 1. The summed E-state index contributed by atoms with van der Waals surface area (Å²) in [6.45, 7) is 1.76. The van der Waals surface area contributed by atoms with Crippen molar-refractivity contribution in [2.24, 2.45) is 0 Å². The van der Waals surface area contributed by atoms with Gasteiger partial charge in [-0.3, -0.25) is 4.79 Å². The zero-order valence-electron chi connectivity index (χ0n) is 16.5. The summed E-state index contributed by atoms with van der Waals surface area (Å²) in [6, 6.07) is 12.7. The van der Waals surface area contributed by atoms with E-state index in [4.69, 9.17) is 9.47 Å². The number of carbonyl (C=O) groups is 1. The van der Waals surface area contributed by atoms with E-state index in [-0.39, 0.29) is 17.8 Å². The lowest BCUT2D eigenvalue weighted by Crippen LogP contribution is -3.11. The Bertz CT molecular complexity index is 812. The summed E-state index contributed by atoms with van der Waals surface area (Å²) in [4.78, 5) is 13.7. The Morgan fingerprint density at radius 1 is 1.21 bits per heavy atom. The summed E-state index contributed by atoms with van der Waals surface area (Å²) in [6.07, 6.45) is 2.55. The van der Waals surface area contributed by atoms with Gasteiger partial charge in [0.2, 0.25) is 0 Å². The first-order chi connectivity index (χ1) is 13.6. The van der Waals surface area contributed by atoms with E-state index in [1.165, 1.54) is 11.0 Å². The minimum Gasteiger partial charge on any atom is -0.497 e. The number of amides is 1. The Morgan fingerprint density at radius 2 is 2.04 bits per heavy atom. The van der Waals surface area contributed by atoms with Gasteiger partial charge in [0, 0.05) is 19.4 Å². The first kappa shape index (κ1) is 20.1. The number of benzene rings is 2. The molecule has 1 unspecified atom stereocenters. The van der Waals surface area contributed by atoms with Crippen molar-refractivity contribution in [3.05, 3.63) is 59.4 Å². The fourth-order valence-electron chi connectivity index (χ4n) is 3.92. The molecule has 2 atom stereocenters. The van der Waals surface area contributed by atoms with E-state index in [9.17, 15) is 9.18 Å². The third-order valence-electron chi connectivity index (χ3n) is 5.36. The molecule has 6 heteroatoms. The van der Waals surface area contributed by atoms with Crippen molar-refractivity contribution in [3.63, 3.8) is 0 Å². The Morgan fingerprint density at radius 3 is 2.79 bits per heavy atom. The monoisotopic (exact) mass is 387 g/mol. The van der Waals surface area contributed by atoms with Gasteiger partial charge in [-0.1, -0.05) is 18.2 Å². The van der Waals surface area contributed by atoms with Gasteiger partial charge < -0.3 is 19.7 Å². The van der Waals surface area contributed by atoms with Crippen LogP contribution >= 0.6 is 0 Å². The summed E-state index contributed by atoms with van der Waals surface area (Å²) < 4.78 is 24.6. The van der Waals surface area contributed by atoms with Crippen molar-refractivity contribution >= 4 is 5.91 Å². The molecular weight excluding hydrogens is 359 g/mol. The van der Waals surface area contributed by atoms with E-state index in [0.717, 1.165) is 36.4 Å². The van der Waals surface area contributed by atoms with E-state index in [0.29, 0.717) is 25.1 Å². The highest BCUT2D eigenvalue weighted by molar-refractivity contribution is 5.76. The molecule has 0 spiro atoms. The van der Waals surface area contributed by atoms with Crippen LogP contribution in [0.5, 0.6) is 11.5 Å². The number of ether oxygens (including phenoxy) is 2. The van der Waals surface area contributed by atoms with E-state index in [2.05, 4.69) is 5.32 Å². The van der Waals surface area contributed by atoms with Crippen LogP contribution in [-0.2, 0) is 11.2 Å². The molecule has 1 heterocycles. The van der Waals surface area contributed by atoms with Gasteiger partial charge in [0.25, 0.3) is 5.91 Å². The molecule has 2 N–H and O–H groups in total. The van der Waals surface area contributed by atoms with Gasteiger partial charge in [-0.15, -0.1) is 0 Å². The number of methoxy groups -OCH3 is 2. The summed E-state index contributed by atoms with van der Waals surface area (Å²) in [5, 5.41) is 2.93. The Kier molecular flexibility index (Phi) is 6.87. The third kappa shape index (κ3) is 4.81. The standard InChI is InChI=1S/C22H27FN2O3/c1-27-17-9-10-21(28-2)18(14-17)20-8-5-13-25(20)15-22(26)24-12-11-16-6-3-4-7-19(16)23/h3-4,6-7,9-10,14,20H,5,8,11-13,15H2,1-2H3,(H,24,26)/p+1/t20-/m1/s1. The number of rotatable bonds is 8. The molecule has 2 aromatic carbocycles. The average Bonchev–Trinajstić information content (AvgIpc) is 3.16. The van der Waals surface area contributed by atoms with Crippen LogP contribution in [0, 0.1) is 5.82 Å². The van der Waals surface area contributed by atoms with Gasteiger partial charge >= 0.3 is 0 Å². The SMILES string of the molecule is COc1ccc(OC)c([C@H]2CCC[NH+]2CC(=O)NCCc2ccccc2F)c1. The maximum absolute atomic E-state index is 13.7. The maximum atomic E-state index is 13.7. The summed E-state index contributed by atoms with van der Waals surface area (Å²) >= 11 is 0. The van der Waals surface area contributed by atoms with Gasteiger partial charge in [-0.05, 0) is 36.2 Å². The van der Waals surface area contributed by atoms with Gasteiger partial charge in [-0.2, -0.15) is 0 Å². The molecule has 2 aromatic rings. The number of nitrogens with one attached hydrogen (secondary N) is 2. The molecule has 28 heavy (non-hydrogen) atoms. The number of hydrogen-bond donors (Lipinski definition) is 2. The lowest BCUT2D eigenvalue weighted by atomic mass is 10.0. The molecule has 150 valence electrons. The lowest BCUT2D eigenvalue weighted by molar-refractivity contribution is -0.910. The highest BCUT2D eigenvalue weighted by Gasteiger charge is 2.33. The van der Waals surface area contributed by atoms with Crippen LogP contribution in [-0.4, -0.2) is 39.8 Å². The van der Waals surface area contributed by atoms with E-state index in [1.54, 1.807) is 32.4 Å². The smallest absolute Gasteiger partial charge is 0.275 e. The molecule has 3 rings (SSSR count). The van der Waals surface area contributed by atoms with Crippen molar-refractivity contribution in [2.45, 2.75) is 25.3 Å². The van der Waals surface area contributed by atoms with Gasteiger partial charge in [0.05, 0.1) is 26.3 Å². The minimum atomic E-state index is -0.230. The van der Waals surface area contributed by atoms with Crippen LogP contribution in [0.25, 0.3) is 0 Å². The zero-order chi connectivity index (χ0) is 19.9. The first-order valence-corrected chi connectivity index (χ1v) is 9.69. The fraction of sp³-hybridized carbons (Fsp3) is 0.409. The van der Waals surface area contributed by atoms with Gasteiger partial charge in [0.15, 0.2) is 6.54 Å². The topological polar surface area (TPSA) is 52.0 Å². The summed E-state index contributed by atoms with van der Waals surface area (Å²) in [5.74, 6) is 1.37. The average molecular weight is 387 g/mol. The molecule has 0 aliphatic carbocycles. The summed E-state index contributed by atoms with van der Waals surface area (Å²) in [7, 11) is 3.31. The molecule has 1 amide bonds. The van der Waals surface area contributed by atoms with Crippen LogP contribution in [0.2, 0.25) is 0 Å². The second-order valence-corrected chi connectivity index (χ2v) is 7.08. The maximum Gasteiger partial charge on any atom is 0.275 e. The molecule has 0 bridgehead atoms. The normalized spacial score (nSPS) is 18.7. The molecule has 0 radical (unpaired) electrons. The second kappa shape index (κ2) is 9.55. The molecule has 0 aromatic heterocycles. The highest BCUT2D eigenvalue weighted by atomic mass is 19.1. The third-order valence-corrected chi connectivity index (χ3v) is 5.36.